The Hall–Kier alpha value is -3.25. The van der Waals surface area contributed by atoms with Crippen molar-refractivity contribution in [3.63, 3.8) is 0 Å². The summed E-state index contributed by atoms with van der Waals surface area (Å²) in [5.74, 6) is -0.598. The lowest BCUT2D eigenvalue weighted by molar-refractivity contribution is -0.134. The summed E-state index contributed by atoms with van der Waals surface area (Å²) < 4.78 is 6.59. The first kappa shape index (κ1) is 20.6. The van der Waals surface area contributed by atoms with Crippen LogP contribution >= 0.6 is 11.3 Å². The summed E-state index contributed by atoms with van der Waals surface area (Å²) in [6.45, 7) is 1.26. The Morgan fingerprint density at radius 1 is 0.906 bits per heavy atom. The number of ether oxygens (including phenoxy) is 1. The molecule has 1 fully saturated rings. The van der Waals surface area contributed by atoms with Crippen LogP contribution in [0.3, 0.4) is 0 Å². The van der Waals surface area contributed by atoms with E-state index in [4.69, 9.17) is 9.72 Å². The number of benzene rings is 3. The maximum atomic E-state index is 13.1. The van der Waals surface area contributed by atoms with Gasteiger partial charge in [-0.15, -0.1) is 11.3 Å². The molecule has 0 unspecified atom stereocenters. The Bertz CT molecular complexity index is 1250. The molecule has 32 heavy (non-hydrogen) atoms. The van der Waals surface area contributed by atoms with Crippen LogP contribution in [0.1, 0.15) is 36.0 Å². The molecule has 5 nitrogen and oxygen atoms in total. The third kappa shape index (κ3) is 4.10. The Kier molecular flexibility index (Phi) is 5.86. The Morgan fingerprint density at radius 3 is 2.44 bits per heavy atom. The average molecular weight is 445 g/mol. The highest BCUT2D eigenvalue weighted by Gasteiger charge is 2.20. The molecule has 162 valence electrons. The molecule has 2 heterocycles. The van der Waals surface area contributed by atoms with Crippen molar-refractivity contribution >= 4 is 44.2 Å². The summed E-state index contributed by atoms with van der Waals surface area (Å²) in [6, 6.07) is 19.5. The summed E-state index contributed by atoms with van der Waals surface area (Å²) in [5, 5.41) is 2.61. The van der Waals surface area contributed by atoms with Gasteiger partial charge in [0.1, 0.15) is 5.01 Å². The van der Waals surface area contributed by atoms with Crippen LogP contribution in [0.4, 0.5) is 0 Å². The molecule has 0 aliphatic carbocycles. The zero-order chi connectivity index (χ0) is 21.9. The maximum absolute atomic E-state index is 13.1. The maximum Gasteiger partial charge on any atom is 0.339 e. The van der Waals surface area contributed by atoms with Crippen molar-refractivity contribution in [3.8, 4) is 10.6 Å². The standard InChI is InChI=1S/C26H24N2O3S/c29-23(28-15-5-1-2-6-16-28)17-31-26(30)20-12-8-10-18-9-7-11-19(24(18)20)25-27-21-13-3-4-14-22(21)32-25/h3-4,7-14H,1-2,5-6,15-17H2. The summed E-state index contributed by atoms with van der Waals surface area (Å²) in [7, 11) is 0. The summed E-state index contributed by atoms with van der Waals surface area (Å²) in [6.07, 6.45) is 4.31. The molecule has 1 saturated heterocycles. The van der Waals surface area contributed by atoms with Crippen LogP contribution in [0.2, 0.25) is 0 Å². The number of carbonyl (C=O) groups excluding carboxylic acids is 2. The van der Waals surface area contributed by atoms with E-state index in [-0.39, 0.29) is 12.5 Å². The van der Waals surface area contributed by atoms with Gasteiger partial charge in [-0.1, -0.05) is 55.3 Å². The van der Waals surface area contributed by atoms with Crippen LogP contribution in [0.15, 0.2) is 60.7 Å². The van der Waals surface area contributed by atoms with Gasteiger partial charge in [0.2, 0.25) is 0 Å². The largest absolute Gasteiger partial charge is 0.452 e. The van der Waals surface area contributed by atoms with E-state index in [1.807, 2.05) is 59.5 Å². The van der Waals surface area contributed by atoms with Gasteiger partial charge in [0.25, 0.3) is 5.91 Å². The molecule has 1 aliphatic heterocycles. The molecular formula is C26H24N2O3S. The monoisotopic (exact) mass is 444 g/mol. The van der Waals surface area contributed by atoms with Crippen LogP contribution in [-0.2, 0) is 9.53 Å². The molecule has 0 saturated carbocycles. The molecule has 0 N–H and O–H groups in total. The lowest BCUT2D eigenvalue weighted by Gasteiger charge is -2.20. The van der Waals surface area contributed by atoms with E-state index in [1.165, 1.54) is 0 Å². The van der Waals surface area contributed by atoms with Crippen molar-refractivity contribution in [2.45, 2.75) is 25.7 Å². The zero-order valence-electron chi connectivity index (χ0n) is 17.8. The molecule has 4 aromatic rings. The summed E-state index contributed by atoms with van der Waals surface area (Å²) in [5.41, 5.74) is 2.30. The van der Waals surface area contributed by atoms with Crippen LogP contribution in [0, 0.1) is 0 Å². The van der Waals surface area contributed by atoms with Gasteiger partial charge in [0, 0.05) is 24.0 Å². The number of nitrogens with zero attached hydrogens (tertiary/aromatic N) is 2. The number of hydrogen-bond acceptors (Lipinski definition) is 5. The minimum atomic E-state index is -0.479. The number of esters is 1. The van der Waals surface area contributed by atoms with Crippen molar-refractivity contribution < 1.29 is 14.3 Å². The highest BCUT2D eigenvalue weighted by molar-refractivity contribution is 7.21. The lowest BCUT2D eigenvalue weighted by atomic mass is 9.99. The predicted molar refractivity (Wildman–Crippen MR) is 128 cm³/mol. The molecule has 0 atom stereocenters. The number of rotatable bonds is 4. The number of fused-ring (bicyclic) bond motifs is 2. The van der Waals surface area contributed by atoms with E-state index >= 15 is 0 Å². The fourth-order valence-corrected chi connectivity index (χ4v) is 5.29. The second-order valence-electron chi connectivity index (χ2n) is 8.07. The zero-order valence-corrected chi connectivity index (χ0v) is 18.6. The van der Waals surface area contributed by atoms with Crippen molar-refractivity contribution in [2.75, 3.05) is 19.7 Å². The van der Waals surface area contributed by atoms with Crippen LogP contribution in [0.5, 0.6) is 0 Å². The summed E-state index contributed by atoms with van der Waals surface area (Å²) >= 11 is 1.60. The van der Waals surface area contributed by atoms with Gasteiger partial charge in [0.15, 0.2) is 6.61 Å². The number of carbonyl (C=O) groups is 2. The van der Waals surface area contributed by atoms with Crippen molar-refractivity contribution in [3.05, 3.63) is 66.2 Å². The lowest BCUT2D eigenvalue weighted by Crippen LogP contribution is -2.35. The second kappa shape index (κ2) is 9.09. The number of aromatic nitrogens is 1. The third-order valence-electron chi connectivity index (χ3n) is 5.93. The molecular weight excluding hydrogens is 420 g/mol. The highest BCUT2D eigenvalue weighted by Crippen LogP contribution is 2.36. The van der Waals surface area contributed by atoms with Gasteiger partial charge < -0.3 is 9.64 Å². The molecule has 0 spiro atoms. The van der Waals surface area contributed by atoms with Gasteiger partial charge in [-0.2, -0.15) is 0 Å². The van der Waals surface area contributed by atoms with Crippen molar-refractivity contribution in [1.82, 2.24) is 9.88 Å². The van der Waals surface area contributed by atoms with Crippen LogP contribution in [0.25, 0.3) is 31.6 Å². The SMILES string of the molecule is O=C(OCC(=O)N1CCCCCC1)c1cccc2cccc(-c3nc4ccccc4s3)c12. The third-order valence-corrected chi connectivity index (χ3v) is 7.00. The molecule has 5 rings (SSSR count). The first-order valence-electron chi connectivity index (χ1n) is 11.0. The van der Waals surface area contributed by atoms with Crippen molar-refractivity contribution in [1.29, 1.82) is 0 Å². The topological polar surface area (TPSA) is 59.5 Å². The fraction of sp³-hybridized carbons (Fsp3) is 0.269. The molecule has 1 aliphatic rings. The van der Waals surface area contributed by atoms with E-state index in [9.17, 15) is 9.59 Å². The normalized spacial score (nSPS) is 14.4. The number of likely N-dealkylation sites (tertiary alicyclic amines) is 1. The summed E-state index contributed by atoms with van der Waals surface area (Å²) in [4.78, 5) is 32.2. The minimum absolute atomic E-state index is 0.119. The minimum Gasteiger partial charge on any atom is -0.452 e. The molecule has 1 aromatic heterocycles. The van der Waals surface area contributed by atoms with Gasteiger partial charge in [-0.3, -0.25) is 4.79 Å². The van der Waals surface area contributed by atoms with Gasteiger partial charge >= 0.3 is 5.97 Å². The Balaban J connectivity index is 1.45. The molecule has 0 bridgehead atoms. The molecule has 3 aromatic carbocycles. The smallest absolute Gasteiger partial charge is 0.339 e. The Labute approximate surface area is 190 Å². The number of amides is 1. The fourth-order valence-electron chi connectivity index (χ4n) is 4.29. The van der Waals surface area contributed by atoms with Crippen molar-refractivity contribution in [2.24, 2.45) is 0 Å². The molecule has 1 amide bonds. The van der Waals surface area contributed by atoms with E-state index in [0.717, 1.165) is 70.3 Å². The number of hydrogen-bond donors (Lipinski definition) is 0. The Morgan fingerprint density at radius 2 is 1.66 bits per heavy atom. The van der Waals surface area contributed by atoms with Gasteiger partial charge in [-0.05, 0) is 36.4 Å². The van der Waals surface area contributed by atoms with E-state index in [2.05, 4.69) is 0 Å². The quantitative estimate of drug-likeness (QED) is 0.380. The average Bonchev–Trinajstić information content (AvgIpc) is 3.07. The van der Waals surface area contributed by atoms with Crippen LogP contribution in [-0.4, -0.2) is 41.5 Å². The van der Waals surface area contributed by atoms with E-state index in [0.29, 0.717) is 5.56 Å². The molecule has 0 radical (unpaired) electrons. The second-order valence-corrected chi connectivity index (χ2v) is 9.10. The van der Waals surface area contributed by atoms with E-state index in [1.54, 1.807) is 17.4 Å². The first-order chi connectivity index (χ1) is 15.7. The van der Waals surface area contributed by atoms with Crippen LogP contribution < -0.4 is 0 Å². The predicted octanol–water partition coefficient (Wildman–Crippen LogP) is 5.68. The van der Waals surface area contributed by atoms with Gasteiger partial charge in [0.05, 0.1) is 15.8 Å². The van der Waals surface area contributed by atoms with Gasteiger partial charge in [-0.25, -0.2) is 9.78 Å². The van der Waals surface area contributed by atoms with E-state index < -0.39 is 5.97 Å². The first-order valence-corrected chi connectivity index (χ1v) is 11.8. The number of para-hydroxylation sites is 1. The number of thiazole rings is 1. The molecule has 6 heteroatoms. The highest BCUT2D eigenvalue weighted by atomic mass is 32.1.